The Morgan fingerprint density at radius 2 is 1.58 bits per heavy atom. The van der Waals surface area contributed by atoms with Crippen molar-refractivity contribution in [3.63, 3.8) is 0 Å². The molecular formula is C38H43FN4O4S. The summed E-state index contributed by atoms with van der Waals surface area (Å²) in [6.45, 7) is 0. The molecule has 3 aliphatic rings. The molecule has 2 N–H and O–H groups in total. The summed E-state index contributed by atoms with van der Waals surface area (Å²) in [4.78, 5) is 60.1. The standard InChI is InChI=1S/C38H43FN4O4S/c39-29-23-32-34(44)22-28(13-16-35(45)43(36(32)40-24-29)31-17-19-48-20-18-31)26-11-14-30(15-12-26)41-38(47)33(21-25-7-3-1-4-8-25)42-37(46)27-9-5-2-6-10-27/h1-10,23-24,26,28,30-31,33H,11-22H2,(H,41,47)(H,42,46)/t26?,28?,30?,33-/m0/s1. The van der Waals surface area contributed by atoms with E-state index in [4.69, 9.17) is 0 Å². The molecule has 2 aromatic carbocycles. The highest BCUT2D eigenvalue weighted by Crippen LogP contribution is 2.38. The van der Waals surface area contributed by atoms with E-state index in [0.29, 0.717) is 30.6 Å². The fraction of sp³-hybridized carbons (Fsp3) is 0.447. The van der Waals surface area contributed by atoms with Gasteiger partial charge in [-0.3, -0.25) is 24.1 Å². The van der Waals surface area contributed by atoms with E-state index in [9.17, 15) is 23.6 Å². The smallest absolute Gasteiger partial charge is 0.251 e. The van der Waals surface area contributed by atoms with Crippen LogP contribution in [0, 0.1) is 17.7 Å². The molecule has 2 atom stereocenters. The van der Waals surface area contributed by atoms with Crippen LogP contribution in [0.3, 0.4) is 0 Å². The lowest BCUT2D eigenvalue weighted by Crippen LogP contribution is -2.51. The Balaban J connectivity index is 1.11. The Kier molecular flexibility index (Phi) is 11.2. The van der Waals surface area contributed by atoms with Gasteiger partial charge in [0.15, 0.2) is 5.78 Å². The van der Waals surface area contributed by atoms with Crippen molar-refractivity contribution in [3.05, 3.63) is 95.4 Å². The minimum atomic E-state index is -0.740. The van der Waals surface area contributed by atoms with Crippen LogP contribution in [0.5, 0.6) is 0 Å². The highest BCUT2D eigenvalue weighted by atomic mass is 32.2. The Labute approximate surface area is 285 Å². The number of fused-ring (bicyclic) bond motifs is 1. The fourth-order valence-corrected chi connectivity index (χ4v) is 8.56. The van der Waals surface area contributed by atoms with Gasteiger partial charge in [0.25, 0.3) is 5.91 Å². The van der Waals surface area contributed by atoms with Gasteiger partial charge in [-0.1, -0.05) is 48.5 Å². The second-order valence-electron chi connectivity index (χ2n) is 13.3. The van der Waals surface area contributed by atoms with Gasteiger partial charge in [0, 0.05) is 36.9 Å². The molecule has 1 saturated carbocycles. The molecule has 1 unspecified atom stereocenters. The summed E-state index contributed by atoms with van der Waals surface area (Å²) in [5, 5.41) is 6.14. The molecule has 2 aliphatic heterocycles. The van der Waals surface area contributed by atoms with Crippen molar-refractivity contribution in [1.82, 2.24) is 15.6 Å². The summed E-state index contributed by atoms with van der Waals surface area (Å²) in [5.74, 6) is 1.06. The first kappa shape index (κ1) is 33.8. The predicted molar refractivity (Wildman–Crippen MR) is 185 cm³/mol. The third-order valence-electron chi connectivity index (χ3n) is 10.1. The Hall–Kier alpha value is -4.05. The molecule has 3 aromatic rings. The number of thioether (sulfide) groups is 1. The maximum atomic E-state index is 14.4. The molecule has 0 radical (unpaired) electrons. The van der Waals surface area contributed by atoms with Crippen LogP contribution in [0.2, 0.25) is 0 Å². The van der Waals surface area contributed by atoms with Crippen LogP contribution in [0.25, 0.3) is 0 Å². The van der Waals surface area contributed by atoms with Gasteiger partial charge in [0.1, 0.15) is 17.7 Å². The zero-order chi connectivity index (χ0) is 33.5. The van der Waals surface area contributed by atoms with E-state index in [1.54, 1.807) is 29.2 Å². The lowest BCUT2D eigenvalue weighted by Gasteiger charge is -2.35. The molecule has 8 nitrogen and oxygen atoms in total. The highest BCUT2D eigenvalue weighted by Gasteiger charge is 2.37. The van der Waals surface area contributed by atoms with Crippen LogP contribution in [0.1, 0.15) is 84.1 Å². The lowest BCUT2D eigenvalue weighted by atomic mass is 9.74. The summed E-state index contributed by atoms with van der Waals surface area (Å²) >= 11 is 1.86. The maximum Gasteiger partial charge on any atom is 0.251 e. The zero-order valence-corrected chi connectivity index (χ0v) is 27.9. The average molecular weight is 671 g/mol. The summed E-state index contributed by atoms with van der Waals surface area (Å²) in [6, 6.07) is 18.9. The van der Waals surface area contributed by atoms with Gasteiger partial charge in [0.2, 0.25) is 11.8 Å². The van der Waals surface area contributed by atoms with Crippen LogP contribution in [-0.4, -0.2) is 58.1 Å². The minimum Gasteiger partial charge on any atom is -0.352 e. The number of amides is 3. The largest absolute Gasteiger partial charge is 0.352 e. The summed E-state index contributed by atoms with van der Waals surface area (Å²) < 4.78 is 14.4. The zero-order valence-electron chi connectivity index (χ0n) is 27.1. The number of rotatable bonds is 8. The summed E-state index contributed by atoms with van der Waals surface area (Å²) in [5.41, 5.74) is 1.65. The van der Waals surface area contributed by atoms with Gasteiger partial charge in [-0.25, -0.2) is 9.37 Å². The van der Waals surface area contributed by atoms with Gasteiger partial charge in [-0.2, -0.15) is 11.8 Å². The molecule has 3 heterocycles. The molecule has 6 rings (SSSR count). The third-order valence-corrected chi connectivity index (χ3v) is 11.1. The Morgan fingerprint density at radius 3 is 2.29 bits per heavy atom. The Morgan fingerprint density at radius 1 is 0.896 bits per heavy atom. The molecule has 1 aromatic heterocycles. The number of aromatic nitrogens is 1. The average Bonchev–Trinajstić information content (AvgIpc) is 3.16. The lowest BCUT2D eigenvalue weighted by molar-refractivity contribution is -0.124. The number of benzene rings is 2. The van der Waals surface area contributed by atoms with E-state index in [-0.39, 0.29) is 59.4 Å². The number of anilines is 1. The van der Waals surface area contributed by atoms with Crippen molar-refractivity contribution < 1.29 is 23.6 Å². The normalized spacial score (nSPS) is 22.9. The van der Waals surface area contributed by atoms with Crippen molar-refractivity contribution in [2.24, 2.45) is 11.8 Å². The third kappa shape index (κ3) is 8.32. The first-order chi connectivity index (χ1) is 23.4. The van der Waals surface area contributed by atoms with E-state index in [1.165, 1.54) is 6.07 Å². The Bertz CT molecular complexity index is 1590. The van der Waals surface area contributed by atoms with Gasteiger partial charge < -0.3 is 10.6 Å². The number of halogens is 1. The van der Waals surface area contributed by atoms with Gasteiger partial charge in [-0.05, 0) is 92.0 Å². The van der Waals surface area contributed by atoms with Crippen molar-refractivity contribution in [2.75, 3.05) is 16.4 Å². The number of hydrogen-bond acceptors (Lipinski definition) is 6. The van der Waals surface area contributed by atoms with E-state index >= 15 is 0 Å². The molecule has 1 saturated heterocycles. The molecule has 2 fully saturated rings. The molecule has 0 spiro atoms. The van der Waals surface area contributed by atoms with Crippen molar-refractivity contribution in [1.29, 1.82) is 0 Å². The number of ketones is 1. The predicted octanol–water partition coefficient (Wildman–Crippen LogP) is 6.15. The van der Waals surface area contributed by atoms with Gasteiger partial charge in [0.05, 0.1) is 11.8 Å². The second kappa shape index (κ2) is 15.9. The van der Waals surface area contributed by atoms with Crippen LogP contribution in [0.15, 0.2) is 72.9 Å². The van der Waals surface area contributed by atoms with Crippen molar-refractivity contribution >= 4 is 41.1 Å². The molecule has 3 amide bonds. The first-order valence-electron chi connectivity index (χ1n) is 17.1. The molecule has 1 aliphatic carbocycles. The van der Waals surface area contributed by atoms with E-state index in [2.05, 4.69) is 15.6 Å². The number of pyridine rings is 1. The van der Waals surface area contributed by atoms with Crippen LogP contribution in [-0.2, 0) is 16.0 Å². The van der Waals surface area contributed by atoms with Crippen LogP contribution >= 0.6 is 11.8 Å². The monoisotopic (exact) mass is 670 g/mol. The van der Waals surface area contributed by atoms with Crippen LogP contribution in [0.4, 0.5) is 10.2 Å². The fourth-order valence-electron chi connectivity index (χ4n) is 7.48. The number of carbonyl (C=O) groups is 4. The number of Topliss-reactive ketones (excluding diaryl/α,β-unsaturated/α-hetero) is 1. The quantitative estimate of drug-likeness (QED) is 0.298. The van der Waals surface area contributed by atoms with Gasteiger partial charge in [-0.15, -0.1) is 0 Å². The number of nitrogens with zero attached hydrogens (tertiary/aromatic N) is 2. The topological polar surface area (TPSA) is 108 Å². The van der Waals surface area contributed by atoms with E-state index in [1.807, 2.05) is 48.2 Å². The first-order valence-corrected chi connectivity index (χ1v) is 18.3. The summed E-state index contributed by atoms with van der Waals surface area (Å²) in [7, 11) is 0. The van der Waals surface area contributed by atoms with Crippen molar-refractivity contribution in [3.8, 4) is 0 Å². The second-order valence-corrected chi connectivity index (χ2v) is 14.5. The van der Waals surface area contributed by atoms with E-state index < -0.39 is 11.9 Å². The maximum absolute atomic E-state index is 14.4. The SMILES string of the molecule is O=C(N[C@@H](Cc1ccccc1)C(=O)NC1CCC(C2CCC(=O)N(C3CCSCC3)c3ncc(F)cc3C(=O)C2)CC1)c1ccccc1. The highest BCUT2D eigenvalue weighted by molar-refractivity contribution is 7.99. The number of nitrogens with one attached hydrogen (secondary N) is 2. The number of hydrogen-bond donors (Lipinski definition) is 2. The molecular weight excluding hydrogens is 628 g/mol. The summed E-state index contributed by atoms with van der Waals surface area (Å²) in [6.07, 6.45) is 7.34. The minimum absolute atomic E-state index is 0.0212. The molecule has 0 bridgehead atoms. The molecule has 252 valence electrons. The molecule has 48 heavy (non-hydrogen) atoms. The molecule has 10 heteroatoms. The van der Waals surface area contributed by atoms with E-state index in [0.717, 1.165) is 61.8 Å². The van der Waals surface area contributed by atoms with Gasteiger partial charge >= 0.3 is 0 Å². The van der Waals surface area contributed by atoms with Crippen molar-refractivity contribution in [2.45, 2.75) is 82.3 Å². The van der Waals surface area contributed by atoms with Crippen LogP contribution < -0.4 is 15.5 Å². The number of carbonyl (C=O) groups excluding carboxylic acids is 4.